The van der Waals surface area contributed by atoms with Gasteiger partial charge in [-0.3, -0.25) is 0 Å². The molecule has 1 rings (SSSR count). The van der Waals surface area contributed by atoms with E-state index < -0.39 is 18.2 Å². The smallest absolute Gasteiger partial charge is 0.395 e. The topological polar surface area (TPSA) is 23.5 Å². The molecule has 0 aromatic rings. The maximum Gasteiger partial charge on any atom is 0.396 e. The van der Waals surface area contributed by atoms with E-state index in [1.807, 2.05) is 4.90 Å². The van der Waals surface area contributed by atoms with Crippen LogP contribution in [0.1, 0.15) is 12.8 Å². The Morgan fingerprint density at radius 1 is 1.31 bits per heavy atom. The molecule has 2 nitrogen and oxygen atoms in total. The van der Waals surface area contributed by atoms with Gasteiger partial charge >= 0.3 is 6.18 Å². The van der Waals surface area contributed by atoms with Crippen LogP contribution in [0.4, 0.5) is 13.2 Å². The molecule has 0 aromatic carbocycles. The second-order valence-corrected chi connectivity index (χ2v) is 3.74. The molecule has 0 radical (unpaired) electrons. The second-order valence-electron chi connectivity index (χ2n) is 3.74. The maximum absolute atomic E-state index is 12.5. The van der Waals surface area contributed by atoms with Crippen molar-refractivity contribution in [2.75, 3.05) is 26.7 Å². The molecule has 78 valence electrons. The molecule has 1 aliphatic rings. The van der Waals surface area contributed by atoms with Crippen molar-refractivity contribution in [3.8, 4) is 0 Å². The Morgan fingerprint density at radius 3 is 2.08 bits per heavy atom. The van der Waals surface area contributed by atoms with Gasteiger partial charge in [-0.15, -0.1) is 0 Å². The standard InChI is InChI=1S/C8H14F3NO/c1-12-4-2-7(6-13,3-5-12)8(9,10)11/h13H,2-6H2,1H3. The molecule has 0 atom stereocenters. The molecule has 0 aromatic heterocycles. The van der Waals surface area contributed by atoms with E-state index in [-0.39, 0.29) is 12.8 Å². The number of hydrogen-bond donors (Lipinski definition) is 1. The number of aliphatic hydroxyl groups excluding tert-OH is 1. The summed E-state index contributed by atoms with van der Waals surface area (Å²) in [7, 11) is 1.79. The molecular weight excluding hydrogens is 183 g/mol. The Kier molecular flexibility index (Phi) is 2.87. The first-order valence-corrected chi connectivity index (χ1v) is 4.27. The van der Waals surface area contributed by atoms with Crippen molar-refractivity contribution in [2.24, 2.45) is 5.41 Å². The lowest BCUT2D eigenvalue weighted by Gasteiger charge is -2.40. The van der Waals surface area contributed by atoms with E-state index in [2.05, 4.69) is 0 Å². The van der Waals surface area contributed by atoms with Gasteiger partial charge in [0, 0.05) is 0 Å². The maximum atomic E-state index is 12.5. The number of aliphatic hydroxyl groups is 1. The lowest BCUT2D eigenvalue weighted by atomic mass is 9.78. The first-order chi connectivity index (χ1) is 5.91. The minimum Gasteiger partial charge on any atom is -0.395 e. The lowest BCUT2D eigenvalue weighted by Crippen LogP contribution is -2.49. The summed E-state index contributed by atoms with van der Waals surface area (Å²) in [6, 6.07) is 0. The fourth-order valence-electron chi connectivity index (χ4n) is 1.58. The van der Waals surface area contributed by atoms with Gasteiger partial charge in [0.1, 0.15) is 0 Å². The number of rotatable bonds is 1. The molecule has 1 N–H and O–H groups in total. The highest BCUT2D eigenvalue weighted by Gasteiger charge is 2.54. The van der Waals surface area contributed by atoms with E-state index in [1.165, 1.54) is 0 Å². The van der Waals surface area contributed by atoms with E-state index in [1.54, 1.807) is 7.05 Å². The average Bonchev–Trinajstić information content (AvgIpc) is 2.04. The van der Waals surface area contributed by atoms with E-state index in [0.717, 1.165) is 0 Å². The number of piperidine rings is 1. The van der Waals surface area contributed by atoms with Crippen LogP contribution in [0.2, 0.25) is 0 Å². The van der Waals surface area contributed by atoms with Gasteiger partial charge < -0.3 is 10.0 Å². The first-order valence-electron chi connectivity index (χ1n) is 4.27. The largest absolute Gasteiger partial charge is 0.396 e. The molecule has 0 bridgehead atoms. The van der Waals surface area contributed by atoms with Crippen molar-refractivity contribution >= 4 is 0 Å². The van der Waals surface area contributed by atoms with Crippen LogP contribution in [0.3, 0.4) is 0 Å². The van der Waals surface area contributed by atoms with Gasteiger partial charge in [0.2, 0.25) is 0 Å². The van der Waals surface area contributed by atoms with E-state index in [0.29, 0.717) is 13.1 Å². The molecule has 0 saturated carbocycles. The molecule has 1 aliphatic heterocycles. The van der Waals surface area contributed by atoms with Gasteiger partial charge in [-0.25, -0.2) is 0 Å². The third kappa shape index (κ3) is 1.96. The second kappa shape index (κ2) is 3.46. The summed E-state index contributed by atoms with van der Waals surface area (Å²) in [4.78, 5) is 1.85. The number of likely N-dealkylation sites (tertiary alicyclic amines) is 1. The predicted octanol–water partition coefficient (Wildman–Crippen LogP) is 1.25. The third-order valence-corrected chi connectivity index (χ3v) is 2.85. The Morgan fingerprint density at radius 2 is 1.77 bits per heavy atom. The van der Waals surface area contributed by atoms with Gasteiger partial charge in [-0.05, 0) is 33.0 Å². The molecule has 1 saturated heterocycles. The van der Waals surface area contributed by atoms with E-state index in [9.17, 15) is 13.2 Å². The SMILES string of the molecule is CN1CCC(CO)(C(F)(F)F)CC1. The molecule has 0 aliphatic carbocycles. The summed E-state index contributed by atoms with van der Waals surface area (Å²) in [5, 5.41) is 8.82. The van der Waals surface area contributed by atoms with Crippen molar-refractivity contribution in [3.63, 3.8) is 0 Å². The summed E-state index contributed by atoms with van der Waals surface area (Å²) >= 11 is 0. The number of nitrogens with zero attached hydrogens (tertiary/aromatic N) is 1. The lowest BCUT2D eigenvalue weighted by molar-refractivity contribution is -0.248. The van der Waals surface area contributed by atoms with Crippen molar-refractivity contribution < 1.29 is 18.3 Å². The van der Waals surface area contributed by atoms with E-state index >= 15 is 0 Å². The number of hydrogen-bond acceptors (Lipinski definition) is 2. The number of halogens is 3. The normalized spacial score (nSPS) is 24.7. The van der Waals surface area contributed by atoms with Crippen molar-refractivity contribution in [3.05, 3.63) is 0 Å². The quantitative estimate of drug-likeness (QED) is 0.684. The zero-order valence-electron chi connectivity index (χ0n) is 7.56. The molecule has 5 heteroatoms. The van der Waals surface area contributed by atoms with Crippen molar-refractivity contribution in [2.45, 2.75) is 19.0 Å². The third-order valence-electron chi connectivity index (χ3n) is 2.85. The van der Waals surface area contributed by atoms with Gasteiger partial charge in [-0.1, -0.05) is 0 Å². The molecule has 1 fully saturated rings. The van der Waals surface area contributed by atoms with E-state index in [4.69, 9.17) is 5.11 Å². The summed E-state index contributed by atoms with van der Waals surface area (Å²) in [6.07, 6.45) is -4.27. The highest BCUT2D eigenvalue weighted by molar-refractivity contribution is 4.90. The fraction of sp³-hybridized carbons (Fsp3) is 1.00. The zero-order valence-corrected chi connectivity index (χ0v) is 7.56. The van der Waals surface area contributed by atoms with Crippen LogP contribution in [-0.2, 0) is 0 Å². The summed E-state index contributed by atoms with van der Waals surface area (Å²) in [6.45, 7) is 0.0183. The van der Waals surface area contributed by atoms with Crippen LogP contribution in [0.15, 0.2) is 0 Å². The Hall–Kier alpha value is -0.290. The summed E-state index contributed by atoms with van der Waals surface area (Å²) in [5.41, 5.74) is -1.85. The van der Waals surface area contributed by atoms with Gasteiger partial charge in [0.15, 0.2) is 0 Å². The molecular formula is C8H14F3NO. The highest BCUT2D eigenvalue weighted by atomic mass is 19.4. The molecule has 1 heterocycles. The van der Waals surface area contributed by atoms with Gasteiger partial charge in [-0.2, -0.15) is 13.2 Å². The van der Waals surface area contributed by atoms with Gasteiger partial charge in [0.25, 0.3) is 0 Å². The van der Waals surface area contributed by atoms with Crippen molar-refractivity contribution in [1.82, 2.24) is 4.90 Å². The predicted molar refractivity (Wildman–Crippen MR) is 42.3 cm³/mol. The molecule has 13 heavy (non-hydrogen) atoms. The Balaban J connectivity index is 2.72. The van der Waals surface area contributed by atoms with Crippen molar-refractivity contribution in [1.29, 1.82) is 0 Å². The van der Waals surface area contributed by atoms with Crippen LogP contribution in [-0.4, -0.2) is 42.9 Å². The molecule has 0 amide bonds. The Labute approximate surface area is 75.3 Å². The Bertz CT molecular complexity index is 173. The zero-order chi connectivity index (χ0) is 10.1. The minimum absolute atomic E-state index is 0.00347. The van der Waals surface area contributed by atoms with Crippen LogP contribution < -0.4 is 0 Å². The average molecular weight is 197 g/mol. The van der Waals surface area contributed by atoms with Gasteiger partial charge in [0.05, 0.1) is 12.0 Å². The minimum atomic E-state index is -4.27. The van der Waals surface area contributed by atoms with Crippen LogP contribution in [0, 0.1) is 5.41 Å². The molecule has 0 unspecified atom stereocenters. The van der Waals surface area contributed by atoms with Crippen LogP contribution >= 0.6 is 0 Å². The fourth-order valence-corrected chi connectivity index (χ4v) is 1.58. The highest BCUT2D eigenvalue weighted by Crippen LogP contribution is 2.45. The molecule has 0 spiro atoms. The summed E-state index contributed by atoms with van der Waals surface area (Å²) < 4.78 is 37.6. The first kappa shape index (κ1) is 10.8. The monoisotopic (exact) mass is 197 g/mol. The van der Waals surface area contributed by atoms with Crippen LogP contribution in [0.25, 0.3) is 0 Å². The summed E-state index contributed by atoms with van der Waals surface area (Å²) in [5.74, 6) is 0. The number of alkyl halides is 3. The van der Waals surface area contributed by atoms with Crippen LogP contribution in [0.5, 0.6) is 0 Å².